The third-order valence-electron chi connectivity index (χ3n) is 4.43. The lowest BCUT2D eigenvalue weighted by molar-refractivity contribution is 0.0805. The Morgan fingerprint density at radius 2 is 1.90 bits per heavy atom. The summed E-state index contributed by atoms with van der Waals surface area (Å²) in [4.78, 5) is 0. The van der Waals surface area contributed by atoms with E-state index in [1.165, 1.54) is 11.8 Å². The Bertz CT molecular complexity index is 173. The zero-order valence-corrected chi connectivity index (χ0v) is 6.77. The molecule has 0 aromatic carbocycles. The molecule has 0 radical (unpaired) electrons. The predicted molar refractivity (Wildman–Crippen MR) is 41.7 cm³/mol. The molecule has 3 saturated carbocycles. The largest absolute Gasteiger partial charge is 0.0594 e. The van der Waals surface area contributed by atoms with Gasteiger partial charge in [-0.15, -0.1) is 0 Å². The van der Waals surface area contributed by atoms with Crippen LogP contribution in [-0.2, 0) is 0 Å². The van der Waals surface area contributed by atoms with Crippen LogP contribution in [0.25, 0.3) is 0 Å². The number of hydrogen-bond donors (Lipinski definition) is 0. The summed E-state index contributed by atoms with van der Waals surface area (Å²) in [7, 11) is 0. The Labute approximate surface area is 63.0 Å². The Morgan fingerprint density at radius 1 is 1.10 bits per heavy atom. The van der Waals surface area contributed by atoms with E-state index in [4.69, 9.17) is 0 Å². The lowest BCUT2D eigenvalue weighted by Crippen LogP contribution is -2.32. The van der Waals surface area contributed by atoms with Crippen LogP contribution < -0.4 is 0 Å². The van der Waals surface area contributed by atoms with Gasteiger partial charge in [-0.3, -0.25) is 0 Å². The fraction of sp³-hybridized carbons (Fsp3) is 1.00. The smallest absolute Gasteiger partial charge is 0.0292 e. The van der Waals surface area contributed by atoms with E-state index in [1.807, 2.05) is 0 Å². The molecule has 56 valence electrons. The minimum absolute atomic E-state index is 0.849. The Balaban J connectivity index is 1.81. The molecule has 4 atom stereocenters. The van der Waals surface area contributed by atoms with E-state index in [0.717, 1.165) is 11.3 Å². The molecule has 3 aliphatic carbocycles. The fourth-order valence-electron chi connectivity index (χ4n) is 3.30. The second-order valence-electron chi connectivity index (χ2n) is 5.09. The van der Waals surface area contributed by atoms with Crippen molar-refractivity contribution in [3.8, 4) is 0 Å². The summed E-state index contributed by atoms with van der Waals surface area (Å²) in [5.41, 5.74) is 0.849. The highest BCUT2D eigenvalue weighted by molar-refractivity contribution is 5.07. The SMILES string of the molecule is CC12CC3CCC3CC1C2. The van der Waals surface area contributed by atoms with Gasteiger partial charge in [0.15, 0.2) is 0 Å². The lowest BCUT2D eigenvalue weighted by Gasteiger charge is -2.42. The average molecular weight is 136 g/mol. The maximum atomic E-state index is 2.51. The van der Waals surface area contributed by atoms with Crippen LogP contribution >= 0.6 is 0 Å². The third-order valence-corrected chi connectivity index (χ3v) is 4.43. The molecule has 0 heteroatoms. The van der Waals surface area contributed by atoms with Gasteiger partial charge in [0.05, 0.1) is 0 Å². The van der Waals surface area contributed by atoms with E-state index < -0.39 is 0 Å². The van der Waals surface area contributed by atoms with Crippen LogP contribution in [0.2, 0.25) is 0 Å². The second kappa shape index (κ2) is 1.44. The summed E-state index contributed by atoms with van der Waals surface area (Å²) < 4.78 is 0. The molecule has 0 nitrogen and oxygen atoms in total. The van der Waals surface area contributed by atoms with Gasteiger partial charge in [0.2, 0.25) is 0 Å². The molecule has 0 aromatic rings. The molecule has 3 rings (SSSR count). The Hall–Kier alpha value is 0. The van der Waals surface area contributed by atoms with Gasteiger partial charge in [0.1, 0.15) is 0 Å². The van der Waals surface area contributed by atoms with Crippen molar-refractivity contribution >= 4 is 0 Å². The summed E-state index contributed by atoms with van der Waals surface area (Å²) in [5.74, 6) is 3.51. The molecule has 4 unspecified atom stereocenters. The molecule has 3 fully saturated rings. The molecular weight excluding hydrogens is 120 g/mol. The van der Waals surface area contributed by atoms with E-state index in [0.29, 0.717) is 0 Å². The van der Waals surface area contributed by atoms with Crippen LogP contribution in [0.3, 0.4) is 0 Å². The molecule has 0 spiro atoms. The maximum Gasteiger partial charge on any atom is -0.0292 e. The molecule has 3 aliphatic rings. The second-order valence-corrected chi connectivity index (χ2v) is 5.09. The van der Waals surface area contributed by atoms with Gasteiger partial charge in [-0.2, -0.15) is 0 Å². The van der Waals surface area contributed by atoms with Gasteiger partial charge >= 0.3 is 0 Å². The van der Waals surface area contributed by atoms with Gasteiger partial charge in [-0.1, -0.05) is 6.92 Å². The predicted octanol–water partition coefficient (Wildman–Crippen LogP) is 2.83. The van der Waals surface area contributed by atoms with Crippen LogP contribution in [0.4, 0.5) is 0 Å². The molecule has 0 N–H and O–H groups in total. The van der Waals surface area contributed by atoms with Crippen molar-refractivity contribution in [1.82, 2.24) is 0 Å². The summed E-state index contributed by atoms with van der Waals surface area (Å²) >= 11 is 0. The Kier molecular flexibility index (Phi) is 0.810. The number of fused-ring (bicyclic) bond motifs is 2. The minimum Gasteiger partial charge on any atom is -0.0594 e. The van der Waals surface area contributed by atoms with Crippen molar-refractivity contribution in [1.29, 1.82) is 0 Å². The first-order chi connectivity index (χ1) is 4.78. The zero-order chi connectivity index (χ0) is 6.77. The molecule has 0 bridgehead atoms. The van der Waals surface area contributed by atoms with Crippen molar-refractivity contribution in [2.24, 2.45) is 23.2 Å². The highest BCUT2D eigenvalue weighted by Gasteiger charge is 2.57. The van der Waals surface area contributed by atoms with E-state index in [-0.39, 0.29) is 0 Å². The van der Waals surface area contributed by atoms with Crippen LogP contribution in [0.1, 0.15) is 39.0 Å². The van der Waals surface area contributed by atoms with E-state index in [1.54, 1.807) is 32.1 Å². The van der Waals surface area contributed by atoms with Gasteiger partial charge < -0.3 is 0 Å². The van der Waals surface area contributed by atoms with E-state index in [9.17, 15) is 0 Å². The van der Waals surface area contributed by atoms with Gasteiger partial charge in [-0.05, 0) is 55.3 Å². The topological polar surface area (TPSA) is 0 Å². The summed E-state index contributed by atoms with van der Waals surface area (Å²) in [6.07, 6.45) is 7.88. The summed E-state index contributed by atoms with van der Waals surface area (Å²) in [6, 6.07) is 0. The molecule has 0 saturated heterocycles. The van der Waals surface area contributed by atoms with E-state index in [2.05, 4.69) is 6.92 Å². The first-order valence-corrected chi connectivity index (χ1v) is 4.78. The molecule has 0 aromatic heterocycles. The first kappa shape index (κ1) is 5.62. The van der Waals surface area contributed by atoms with Gasteiger partial charge in [0, 0.05) is 0 Å². The van der Waals surface area contributed by atoms with Crippen molar-refractivity contribution in [2.45, 2.75) is 39.0 Å². The standard InChI is InChI=1S/C10H16/c1-10-5-8-3-2-7(8)4-9(10)6-10/h7-9H,2-6H2,1H3. The normalized spacial score (nSPS) is 63.9. The fourth-order valence-corrected chi connectivity index (χ4v) is 3.30. The molecular formula is C10H16. The maximum absolute atomic E-state index is 2.51. The highest BCUT2D eigenvalue weighted by Crippen LogP contribution is 2.67. The van der Waals surface area contributed by atoms with Gasteiger partial charge in [0.25, 0.3) is 0 Å². The number of rotatable bonds is 0. The average Bonchev–Trinajstić information content (AvgIpc) is 2.50. The lowest BCUT2D eigenvalue weighted by atomic mass is 9.63. The molecule has 10 heavy (non-hydrogen) atoms. The van der Waals surface area contributed by atoms with Crippen LogP contribution in [0.15, 0.2) is 0 Å². The first-order valence-electron chi connectivity index (χ1n) is 4.78. The highest BCUT2D eigenvalue weighted by atomic mass is 14.6. The third kappa shape index (κ3) is 0.538. The summed E-state index contributed by atoms with van der Waals surface area (Å²) in [6.45, 7) is 2.51. The van der Waals surface area contributed by atoms with Crippen molar-refractivity contribution in [2.75, 3.05) is 0 Å². The molecule has 0 aliphatic heterocycles. The molecule has 0 amide bonds. The van der Waals surface area contributed by atoms with E-state index >= 15 is 0 Å². The van der Waals surface area contributed by atoms with Crippen molar-refractivity contribution < 1.29 is 0 Å². The zero-order valence-electron chi connectivity index (χ0n) is 6.77. The quantitative estimate of drug-likeness (QED) is 0.480. The Morgan fingerprint density at radius 3 is 2.50 bits per heavy atom. The van der Waals surface area contributed by atoms with Crippen molar-refractivity contribution in [3.63, 3.8) is 0 Å². The monoisotopic (exact) mass is 136 g/mol. The summed E-state index contributed by atoms with van der Waals surface area (Å²) in [5, 5.41) is 0. The van der Waals surface area contributed by atoms with Crippen molar-refractivity contribution in [3.05, 3.63) is 0 Å². The molecule has 0 heterocycles. The van der Waals surface area contributed by atoms with Gasteiger partial charge in [-0.25, -0.2) is 0 Å². The van der Waals surface area contributed by atoms with Crippen LogP contribution in [0, 0.1) is 23.2 Å². The van der Waals surface area contributed by atoms with Crippen LogP contribution in [0.5, 0.6) is 0 Å². The van der Waals surface area contributed by atoms with Crippen LogP contribution in [-0.4, -0.2) is 0 Å². The number of hydrogen-bond acceptors (Lipinski definition) is 0. The minimum atomic E-state index is 0.849.